The van der Waals surface area contributed by atoms with E-state index in [2.05, 4.69) is 24.8 Å². The number of imidazole rings is 1. The van der Waals surface area contributed by atoms with Gasteiger partial charge in [0.25, 0.3) is 0 Å². The lowest BCUT2D eigenvalue weighted by Gasteiger charge is -2.29. The number of hydrogen-bond acceptors (Lipinski definition) is 5. The minimum absolute atomic E-state index is 0.0301. The summed E-state index contributed by atoms with van der Waals surface area (Å²) in [7, 11) is 1.60. The highest BCUT2D eigenvalue weighted by atomic mass is 16.6. The minimum Gasteiger partial charge on any atom is -0.446 e. The highest BCUT2D eigenvalue weighted by molar-refractivity contribution is 6.00. The molecule has 1 saturated carbocycles. The van der Waals surface area contributed by atoms with Crippen LogP contribution in [0.1, 0.15) is 31.7 Å². The van der Waals surface area contributed by atoms with Crippen molar-refractivity contribution in [2.24, 2.45) is 0 Å². The lowest BCUT2D eigenvalue weighted by Crippen LogP contribution is -2.33. The zero-order valence-corrected chi connectivity index (χ0v) is 14.8. The van der Waals surface area contributed by atoms with E-state index >= 15 is 0 Å². The number of aromatic amines is 1. The summed E-state index contributed by atoms with van der Waals surface area (Å²) in [5, 5.41) is 3.79. The van der Waals surface area contributed by atoms with Gasteiger partial charge in [-0.3, -0.25) is 0 Å². The maximum atomic E-state index is 11.8. The second kappa shape index (κ2) is 7.33. The van der Waals surface area contributed by atoms with E-state index in [0.29, 0.717) is 19.2 Å². The molecule has 26 heavy (non-hydrogen) atoms. The van der Waals surface area contributed by atoms with Gasteiger partial charge in [-0.2, -0.15) is 0 Å². The molecule has 0 spiro atoms. The third-order valence-corrected chi connectivity index (χ3v) is 5.00. The van der Waals surface area contributed by atoms with E-state index in [-0.39, 0.29) is 12.2 Å². The first-order valence-electron chi connectivity index (χ1n) is 8.98. The number of ether oxygens (including phenoxy) is 2. The van der Waals surface area contributed by atoms with E-state index in [1.807, 2.05) is 24.8 Å². The number of H-pyrrole nitrogens is 1. The predicted molar refractivity (Wildman–Crippen MR) is 97.0 cm³/mol. The van der Waals surface area contributed by atoms with Gasteiger partial charge in [0.1, 0.15) is 17.3 Å². The molecule has 1 fully saturated rings. The van der Waals surface area contributed by atoms with Crippen LogP contribution >= 0.6 is 0 Å². The van der Waals surface area contributed by atoms with E-state index in [9.17, 15) is 4.79 Å². The van der Waals surface area contributed by atoms with Gasteiger partial charge in [0.15, 0.2) is 0 Å². The molecule has 0 saturated heterocycles. The van der Waals surface area contributed by atoms with Gasteiger partial charge >= 0.3 is 6.09 Å². The Balaban J connectivity index is 1.41. The molecule has 8 heteroatoms. The first kappa shape index (κ1) is 16.8. The van der Waals surface area contributed by atoms with Gasteiger partial charge in [-0.1, -0.05) is 0 Å². The molecule has 3 aromatic heterocycles. The zero-order chi connectivity index (χ0) is 17.9. The van der Waals surface area contributed by atoms with E-state index in [4.69, 9.17) is 9.47 Å². The summed E-state index contributed by atoms with van der Waals surface area (Å²) in [6, 6.07) is 2.40. The number of methoxy groups -OCH3 is 1. The number of amides is 1. The van der Waals surface area contributed by atoms with Gasteiger partial charge in [-0.15, -0.1) is 0 Å². The number of pyridine rings is 1. The Morgan fingerprint density at radius 1 is 1.35 bits per heavy atom. The van der Waals surface area contributed by atoms with Crippen LogP contribution in [0, 0.1) is 0 Å². The number of carbonyl (C=O) groups excluding carboxylic acids is 1. The second-order valence-corrected chi connectivity index (χ2v) is 6.64. The van der Waals surface area contributed by atoms with Crippen molar-refractivity contribution >= 4 is 28.2 Å². The van der Waals surface area contributed by atoms with Gasteiger partial charge in [-0.05, 0) is 31.7 Å². The van der Waals surface area contributed by atoms with Crippen molar-refractivity contribution in [2.75, 3.05) is 20.3 Å². The zero-order valence-electron chi connectivity index (χ0n) is 14.8. The second-order valence-electron chi connectivity index (χ2n) is 6.64. The molecule has 0 bridgehead atoms. The van der Waals surface area contributed by atoms with Crippen molar-refractivity contribution in [3.63, 3.8) is 0 Å². The monoisotopic (exact) mass is 357 g/mol. The molecule has 0 aromatic carbocycles. The van der Waals surface area contributed by atoms with Crippen LogP contribution < -0.4 is 5.32 Å². The normalized spacial score (nSPS) is 20.5. The molecule has 0 atom stereocenters. The van der Waals surface area contributed by atoms with Crippen molar-refractivity contribution in [1.29, 1.82) is 0 Å². The molecule has 0 aliphatic heterocycles. The van der Waals surface area contributed by atoms with Gasteiger partial charge in [0, 0.05) is 31.3 Å². The molecule has 0 radical (unpaired) electrons. The van der Waals surface area contributed by atoms with Gasteiger partial charge in [0.2, 0.25) is 0 Å². The topological polar surface area (TPSA) is 94.1 Å². The van der Waals surface area contributed by atoms with E-state index < -0.39 is 0 Å². The molecular weight excluding hydrogens is 334 g/mol. The Morgan fingerprint density at radius 3 is 3.00 bits per heavy atom. The Bertz CT molecular complexity index is 895. The number of aromatic nitrogens is 4. The fraction of sp³-hybridized carbons (Fsp3) is 0.500. The number of carbonyl (C=O) groups is 1. The van der Waals surface area contributed by atoms with Crippen molar-refractivity contribution in [1.82, 2.24) is 24.8 Å². The Morgan fingerprint density at radius 2 is 2.19 bits per heavy atom. The van der Waals surface area contributed by atoms with E-state index in [0.717, 1.165) is 47.8 Å². The van der Waals surface area contributed by atoms with Crippen LogP contribution in [0.3, 0.4) is 0 Å². The first-order chi connectivity index (χ1) is 12.8. The van der Waals surface area contributed by atoms with Gasteiger partial charge in [0.05, 0.1) is 24.6 Å². The van der Waals surface area contributed by atoms with Crippen molar-refractivity contribution in [3.05, 3.63) is 24.8 Å². The van der Waals surface area contributed by atoms with Crippen LogP contribution in [0.4, 0.5) is 4.79 Å². The number of nitrogens with zero attached hydrogens (tertiary/aromatic N) is 3. The Kier molecular flexibility index (Phi) is 4.75. The molecule has 8 nitrogen and oxygen atoms in total. The van der Waals surface area contributed by atoms with Crippen LogP contribution in [-0.2, 0) is 9.47 Å². The number of rotatable bonds is 5. The molecule has 2 N–H and O–H groups in total. The quantitative estimate of drug-likeness (QED) is 0.685. The average molecular weight is 357 g/mol. The summed E-state index contributed by atoms with van der Waals surface area (Å²) in [5.41, 5.74) is 2.91. The number of nitrogens with one attached hydrogen (secondary N) is 2. The lowest BCUT2D eigenvalue weighted by molar-refractivity contribution is 0.0643. The highest BCUT2D eigenvalue weighted by Crippen LogP contribution is 2.34. The van der Waals surface area contributed by atoms with Crippen LogP contribution in [-0.4, -0.2) is 52.0 Å². The third kappa shape index (κ3) is 3.24. The molecule has 4 rings (SSSR count). The average Bonchev–Trinajstić information content (AvgIpc) is 3.28. The van der Waals surface area contributed by atoms with Crippen LogP contribution in [0.2, 0.25) is 0 Å². The molecule has 1 aliphatic carbocycles. The van der Waals surface area contributed by atoms with Crippen molar-refractivity contribution < 1.29 is 14.3 Å². The van der Waals surface area contributed by atoms with Crippen molar-refractivity contribution in [2.45, 2.75) is 37.8 Å². The minimum atomic E-state index is -0.362. The molecule has 138 valence electrons. The maximum Gasteiger partial charge on any atom is 0.407 e. The summed E-state index contributed by atoms with van der Waals surface area (Å²) in [5.74, 6) is 0. The summed E-state index contributed by atoms with van der Waals surface area (Å²) in [6.45, 7) is 0.949. The van der Waals surface area contributed by atoms with Crippen molar-refractivity contribution in [3.8, 4) is 0 Å². The molecule has 3 aromatic rings. The molecular formula is C18H23N5O3. The van der Waals surface area contributed by atoms with E-state index in [1.54, 1.807) is 7.11 Å². The molecule has 0 unspecified atom stereocenters. The summed E-state index contributed by atoms with van der Waals surface area (Å²) < 4.78 is 12.7. The van der Waals surface area contributed by atoms with E-state index in [1.165, 1.54) is 0 Å². The predicted octanol–water partition coefficient (Wildman–Crippen LogP) is 2.77. The van der Waals surface area contributed by atoms with Gasteiger partial charge in [-0.25, -0.2) is 14.8 Å². The Hall–Kier alpha value is -2.61. The third-order valence-electron chi connectivity index (χ3n) is 5.00. The van der Waals surface area contributed by atoms with Crippen LogP contribution in [0.15, 0.2) is 24.8 Å². The smallest absolute Gasteiger partial charge is 0.407 e. The van der Waals surface area contributed by atoms with Crippen LogP contribution in [0.5, 0.6) is 0 Å². The highest BCUT2D eigenvalue weighted by Gasteiger charge is 2.26. The molecule has 1 aliphatic rings. The standard InChI is InChI=1S/C18H23N5O3/c1-25-9-8-20-18(24)26-13-4-2-12(3-5-13)23-11-22-15-10-21-17-14(16(15)23)6-7-19-17/h6-7,10-13H,2-5,8-9H2,1H3,(H,19,21)(H,20,24)/t12-,13-. The lowest BCUT2D eigenvalue weighted by atomic mass is 9.92. The molecule has 1 amide bonds. The SMILES string of the molecule is COCCNC(=O)O[C@H]1CC[C@H](n2cnc3cnc4[nH]ccc4c32)CC1. The number of fused-ring (bicyclic) bond motifs is 3. The Labute approximate surface area is 150 Å². The first-order valence-corrected chi connectivity index (χ1v) is 8.98. The fourth-order valence-electron chi connectivity index (χ4n) is 3.70. The van der Waals surface area contributed by atoms with Crippen LogP contribution in [0.25, 0.3) is 22.1 Å². The number of hydrogen-bond donors (Lipinski definition) is 2. The fourth-order valence-corrected chi connectivity index (χ4v) is 3.70. The van der Waals surface area contributed by atoms with Gasteiger partial charge < -0.3 is 24.3 Å². The molecule has 3 heterocycles. The number of alkyl carbamates (subject to hydrolysis) is 1. The maximum absolute atomic E-state index is 11.8. The largest absolute Gasteiger partial charge is 0.446 e. The summed E-state index contributed by atoms with van der Waals surface area (Å²) in [4.78, 5) is 23.8. The summed E-state index contributed by atoms with van der Waals surface area (Å²) in [6.07, 6.45) is 8.84. The summed E-state index contributed by atoms with van der Waals surface area (Å²) >= 11 is 0.